The summed E-state index contributed by atoms with van der Waals surface area (Å²) >= 11 is 0. The zero-order valence-electron chi connectivity index (χ0n) is 8.65. The second-order valence-corrected chi connectivity index (χ2v) is 5.66. The van der Waals surface area contributed by atoms with Crippen molar-refractivity contribution < 1.29 is 55.5 Å². The smallest absolute Gasteiger partial charge is 0.398 e. The van der Waals surface area contributed by atoms with Crippen molar-refractivity contribution in [1.29, 1.82) is 0 Å². The molecule has 1 rings (SSSR count). The molecule has 90 valence electrons. The van der Waals surface area contributed by atoms with E-state index in [0.29, 0.717) is 6.07 Å². The van der Waals surface area contributed by atoms with Crippen LogP contribution in [0, 0.1) is 0 Å². The van der Waals surface area contributed by atoms with Crippen molar-refractivity contribution >= 4 is 31.6 Å². The molecule has 0 amide bonds. The van der Waals surface area contributed by atoms with E-state index in [1.165, 1.54) is 0 Å². The maximum absolute atomic E-state index is 10.8. The molecule has 11 heteroatoms. The monoisotopic (exact) mass is 291 g/mol. The minimum atomic E-state index is -4.69. The Morgan fingerprint density at radius 2 is 1.12 bits per heavy atom. The van der Waals surface area contributed by atoms with Gasteiger partial charge in [0.05, 0.1) is 11.4 Å². The number of hydrogen-bond donors (Lipinski definition) is 4. The Balaban J connectivity index is 0.00000256. The summed E-state index contributed by atoms with van der Waals surface area (Å²) < 4.78 is 60.7. The summed E-state index contributed by atoms with van der Waals surface area (Å²) in [5, 5.41) is 0. The van der Waals surface area contributed by atoms with Gasteiger partial charge in [-0.2, -0.15) is 16.8 Å². The molecule has 0 unspecified atom stereocenters. The summed E-state index contributed by atoms with van der Waals surface area (Å²) in [6.07, 6.45) is 0. The van der Waals surface area contributed by atoms with E-state index in [2.05, 4.69) is 0 Å². The molecular weight excluding hydrogens is 283 g/mol. The van der Waals surface area contributed by atoms with Gasteiger partial charge in [0.15, 0.2) is 0 Å². The summed E-state index contributed by atoms with van der Waals surface area (Å²) in [6.45, 7) is 0. The predicted molar refractivity (Wildman–Crippen MR) is 54.9 cm³/mol. The Morgan fingerprint density at radius 3 is 1.35 bits per heavy atom. The Labute approximate surface area is 120 Å². The molecule has 0 spiro atoms. The Hall–Kier alpha value is -0.360. The van der Waals surface area contributed by atoms with Crippen LogP contribution < -0.4 is 41.0 Å². The molecular formula is C6H8N2NaO6S2+. The second-order valence-electron chi connectivity index (χ2n) is 2.88. The van der Waals surface area contributed by atoms with Crippen LogP contribution in [-0.4, -0.2) is 25.9 Å². The van der Waals surface area contributed by atoms with E-state index in [1.807, 2.05) is 0 Å². The normalized spacial score (nSPS) is 11.9. The van der Waals surface area contributed by atoms with Crippen LogP contribution in [0.4, 0.5) is 11.4 Å². The van der Waals surface area contributed by atoms with Crippen LogP contribution in [0.2, 0.25) is 0 Å². The van der Waals surface area contributed by atoms with Gasteiger partial charge >= 0.3 is 29.6 Å². The molecule has 0 aliphatic carbocycles. The minimum Gasteiger partial charge on any atom is -0.398 e. The zero-order chi connectivity index (χ0) is 12.7. The average molecular weight is 291 g/mol. The maximum atomic E-state index is 10.8. The molecule has 17 heavy (non-hydrogen) atoms. The molecule has 8 nitrogen and oxygen atoms in total. The Bertz CT molecular complexity index is 585. The molecule has 0 radical (unpaired) electrons. The van der Waals surface area contributed by atoms with E-state index in [1.54, 1.807) is 0 Å². The molecule has 0 heterocycles. The van der Waals surface area contributed by atoms with E-state index in [9.17, 15) is 16.8 Å². The van der Waals surface area contributed by atoms with E-state index in [4.69, 9.17) is 20.6 Å². The van der Waals surface area contributed by atoms with Crippen LogP contribution in [0.25, 0.3) is 0 Å². The van der Waals surface area contributed by atoms with Crippen LogP contribution in [0.15, 0.2) is 21.9 Å². The SMILES string of the molecule is Nc1cc(N)c(S(=O)(=O)O)cc1S(=O)(=O)O.[Na+]. The summed E-state index contributed by atoms with van der Waals surface area (Å²) in [5.41, 5.74) is 9.60. The van der Waals surface area contributed by atoms with Crippen LogP contribution in [0.5, 0.6) is 0 Å². The molecule has 0 atom stereocenters. The molecule has 0 saturated carbocycles. The van der Waals surface area contributed by atoms with Gasteiger partial charge in [0, 0.05) is 0 Å². The topological polar surface area (TPSA) is 161 Å². The van der Waals surface area contributed by atoms with Crippen LogP contribution in [0.1, 0.15) is 0 Å². The van der Waals surface area contributed by atoms with Gasteiger partial charge in [0.2, 0.25) is 0 Å². The van der Waals surface area contributed by atoms with Crippen molar-refractivity contribution in [3.8, 4) is 0 Å². The standard InChI is InChI=1S/C6H8N2O6S2.Na/c7-3-1-4(8)6(16(12,13)14)2-5(3)15(9,10)11;/h1-2H,7-8H2,(H,9,10,11)(H,12,13,14);/q;+1. The molecule has 1 aromatic rings. The summed E-state index contributed by atoms with van der Waals surface area (Å²) in [6, 6.07) is 1.29. The third-order valence-electron chi connectivity index (χ3n) is 1.70. The van der Waals surface area contributed by atoms with Crippen molar-refractivity contribution in [2.75, 3.05) is 11.5 Å². The number of benzene rings is 1. The maximum Gasteiger partial charge on any atom is 1.00 e. The number of nitrogen functional groups attached to an aromatic ring is 2. The van der Waals surface area contributed by atoms with Gasteiger partial charge in [-0.05, 0) is 12.1 Å². The van der Waals surface area contributed by atoms with Crippen LogP contribution in [-0.2, 0) is 20.2 Å². The van der Waals surface area contributed by atoms with Gasteiger partial charge in [-0.1, -0.05) is 0 Å². The summed E-state index contributed by atoms with van der Waals surface area (Å²) in [4.78, 5) is -1.68. The fraction of sp³-hybridized carbons (Fsp3) is 0. The van der Waals surface area contributed by atoms with Gasteiger partial charge in [-0.3, -0.25) is 9.11 Å². The Morgan fingerprint density at radius 1 is 0.824 bits per heavy atom. The zero-order valence-corrected chi connectivity index (χ0v) is 12.3. The van der Waals surface area contributed by atoms with E-state index >= 15 is 0 Å². The third-order valence-corrected chi connectivity index (χ3v) is 3.52. The molecule has 0 aromatic heterocycles. The fourth-order valence-corrected chi connectivity index (χ4v) is 2.36. The summed E-state index contributed by atoms with van der Waals surface area (Å²) in [5.74, 6) is 0. The van der Waals surface area contributed by atoms with E-state index in [-0.39, 0.29) is 29.6 Å². The number of anilines is 2. The Kier molecular flexibility index (Phi) is 4.99. The summed E-state index contributed by atoms with van der Waals surface area (Å²) in [7, 11) is -9.38. The minimum absolute atomic E-state index is 0. The van der Waals surface area contributed by atoms with Gasteiger partial charge in [0.1, 0.15) is 9.79 Å². The van der Waals surface area contributed by atoms with Crippen molar-refractivity contribution in [2.24, 2.45) is 0 Å². The molecule has 0 aliphatic rings. The molecule has 0 aliphatic heterocycles. The van der Waals surface area contributed by atoms with Crippen molar-refractivity contribution in [3.63, 3.8) is 0 Å². The van der Waals surface area contributed by atoms with Gasteiger partial charge in [0.25, 0.3) is 20.2 Å². The molecule has 0 saturated heterocycles. The first-order valence-corrected chi connectivity index (χ1v) is 6.55. The van der Waals surface area contributed by atoms with Crippen molar-refractivity contribution in [1.82, 2.24) is 0 Å². The largest absolute Gasteiger partial charge is 1.00 e. The second kappa shape index (κ2) is 5.10. The molecule has 0 bridgehead atoms. The molecule has 1 aromatic carbocycles. The first-order chi connectivity index (χ1) is 7.03. The van der Waals surface area contributed by atoms with Gasteiger partial charge in [-0.25, -0.2) is 0 Å². The first kappa shape index (κ1) is 16.6. The number of hydrogen-bond acceptors (Lipinski definition) is 6. The van der Waals surface area contributed by atoms with Crippen molar-refractivity contribution in [2.45, 2.75) is 9.79 Å². The quantitative estimate of drug-likeness (QED) is 0.246. The molecule has 6 N–H and O–H groups in total. The third kappa shape index (κ3) is 3.81. The number of rotatable bonds is 2. The van der Waals surface area contributed by atoms with Crippen LogP contribution in [0.3, 0.4) is 0 Å². The number of nitrogens with two attached hydrogens (primary N) is 2. The average Bonchev–Trinajstić information content (AvgIpc) is 1.97. The first-order valence-electron chi connectivity index (χ1n) is 3.67. The van der Waals surface area contributed by atoms with Crippen LogP contribution >= 0.6 is 0 Å². The van der Waals surface area contributed by atoms with E-state index < -0.39 is 41.4 Å². The molecule has 0 fully saturated rings. The van der Waals surface area contributed by atoms with Crippen molar-refractivity contribution in [3.05, 3.63) is 12.1 Å². The fourth-order valence-electron chi connectivity index (χ4n) is 1.04. The van der Waals surface area contributed by atoms with Gasteiger partial charge < -0.3 is 11.5 Å². The van der Waals surface area contributed by atoms with E-state index in [0.717, 1.165) is 6.07 Å². The predicted octanol–water partition coefficient (Wildman–Crippen LogP) is -3.65. The van der Waals surface area contributed by atoms with Gasteiger partial charge in [-0.15, -0.1) is 0 Å².